The molecule has 0 aromatic heterocycles. The molecule has 0 fully saturated rings. The molecule has 25 heavy (non-hydrogen) atoms. The molecular formula is C19H24N2O4. The van der Waals surface area contributed by atoms with Gasteiger partial charge in [-0.3, -0.25) is 4.79 Å². The molecule has 0 heterocycles. The van der Waals surface area contributed by atoms with Crippen LogP contribution in [0.2, 0.25) is 0 Å². The van der Waals surface area contributed by atoms with Crippen LogP contribution in [0.1, 0.15) is 26.7 Å². The highest BCUT2D eigenvalue weighted by molar-refractivity contribution is 5.88. The number of nitrogens with zero attached hydrogens (tertiary/aromatic N) is 1. The Morgan fingerprint density at radius 1 is 1.12 bits per heavy atom. The van der Waals surface area contributed by atoms with Crippen molar-refractivity contribution in [3.05, 3.63) is 48.5 Å². The van der Waals surface area contributed by atoms with Crippen LogP contribution in [0.25, 0.3) is 0 Å². The van der Waals surface area contributed by atoms with Crippen LogP contribution in [0, 0.1) is 0 Å². The number of ether oxygens (including phenoxy) is 1. The van der Waals surface area contributed by atoms with Gasteiger partial charge in [0.25, 0.3) is 11.6 Å². The number of aromatic hydroxyl groups is 2. The van der Waals surface area contributed by atoms with Gasteiger partial charge < -0.3 is 25.6 Å². The van der Waals surface area contributed by atoms with Crippen molar-refractivity contribution in [2.75, 3.05) is 11.4 Å². The molecule has 0 aliphatic carbocycles. The molecule has 6 nitrogen and oxygen atoms in total. The smallest absolute Gasteiger partial charge is 0.283 e. The lowest BCUT2D eigenvalue weighted by Gasteiger charge is -2.42. The van der Waals surface area contributed by atoms with Gasteiger partial charge in [-0.25, -0.2) is 0 Å². The van der Waals surface area contributed by atoms with Crippen LogP contribution in [-0.4, -0.2) is 28.4 Å². The Morgan fingerprint density at radius 2 is 1.80 bits per heavy atom. The highest BCUT2D eigenvalue weighted by Crippen LogP contribution is 2.40. The summed E-state index contributed by atoms with van der Waals surface area (Å²) in [7, 11) is 0. The minimum atomic E-state index is -1.50. The number of carbonyl (C=O) groups excluding carboxylic acids is 1. The Morgan fingerprint density at radius 3 is 2.36 bits per heavy atom. The Bertz CT molecular complexity index is 721. The third-order valence-corrected chi connectivity index (χ3v) is 4.06. The first-order valence-corrected chi connectivity index (χ1v) is 8.28. The molecule has 134 valence electrons. The topological polar surface area (TPSA) is 96.0 Å². The molecule has 2 aromatic rings. The van der Waals surface area contributed by atoms with Crippen LogP contribution in [0.4, 0.5) is 5.69 Å². The zero-order chi connectivity index (χ0) is 18.4. The molecule has 2 aromatic carbocycles. The molecule has 0 bridgehead atoms. The second-order valence-corrected chi connectivity index (χ2v) is 5.71. The number of phenols is 2. The number of nitrogens with two attached hydrogens (primary N) is 1. The standard InChI is InChI=1S/C19H24N2O4/c1-3-13-21(15-11-8-12-16(22)17(15)23)19(4-2,18(20)24)25-14-9-6-5-7-10-14/h5-12,22-23H,3-4,13H2,1-2H3,(H2,20,24). The molecule has 0 aliphatic rings. The van der Waals surface area contributed by atoms with Crippen molar-refractivity contribution in [1.82, 2.24) is 0 Å². The van der Waals surface area contributed by atoms with Crippen molar-refractivity contribution in [3.8, 4) is 17.2 Å². The molecule has 0 saturated heterocycles. The highest BCUT2D eigenvalue weighted by Gasteiger charge is 2.44. The number of rotatable bonds is 8. The predicted molar refractivity (Wildman–Crippen MR) is 96.7 cm³/mol. The SMILES string of the molecule is CCCN(c1cccc(O)c1O)C(CC)(Oc1ccccc1)C(N)=O. The van der Waals surface area contributed by atoms with Gasteiger partial charge >= 0.3 is 0 Å². The summed E-state index contributed by atoms with van der Waals surface area (Å²) in [6, 6.07) is 13.5. The van der Waals surface area contributed by atoms with E-state index in [1.54, 1.807) is 48.2 Å². The number of hydrogen-bond donors (Lipinski definition) is 3. The second-order valence-electron chi connectivity index (χ2n) is 5.71. The molecule has 0 radical (unpaired) electrons. The maximum absolute atomic E-state index is 12.5. The third kappa shape index (κ3) is 3.63. The average Bonchev–Trinajstić information content (AvgIpc) is 2.61. The first-order valence-electron chi connectivity index (χ1n) is 8.28. The summed E-state index contributed by atoms with van der Waals surface area (Å²) in [5.74, 6) is -0.765. The molecule has 1 atom stereocenters. The van der Waals surface area contributed by atoms with E-state index in [1.807, 2.05) is 13.0 Å². The minimum Gasteiger partial charge on any atom is -0.504 e. The number of benzene rings is 2. The fraction of sp³-hybridized carbons (Fsp3) is 0.316. The summed E-state index contributed by atoms with van der Waals surface area (Å²) < 4.78 is 6.04. The van der Waals surface area contributed by atoms with E-state index in [1.165, 1.54) is 6.07 Å². The van der Waals surface area contributed by atoms with Gasteiger partial charge in [-0.1, -0.05) is 38.1 Å². The first-order chi connectivity index (χ1) is 12.0. The molecule has 2 rings (SSSR count). The maximum Gasteiger partial charge on any atom is 0.283 e. The van der Waals surface area contributed by atoms with E-state index in [9.17, 15) is 15.0 Å². The highest BCUT2D eigenvalue weighted by atomic mass is 16.5. The molecular weight excluding hydrogens is 320 g/mol. The normalized spacial score (nSPS) is 13.0. The van der Waals surface area contributed by atoms with Gasteiger partial charge in [0, 0.05) is 13.0 Å². The number of para-hydroxylation sites is 2. The number of anilines is 1. The number of amides is 1. The second kappa shape index (κ2) is 7.79. The van der Waals surface area contributed by atoms with Gasteiger partial charge in [0.15, 0.2) is 11.5 Å². The number of hydrogen-bond acceptors (Lipinski definition) is 5. The van der Waals surface area contributed by atoms with Gasteiger partial charge in [-0.05, 0) is 30.7 Å². The van der Waals surface area contributed by atoms with Gasteiger partial charge in [0.2, 0.25) is 0 Å². The number of phenolic OH excluding ortho intramolecular Hbond substituents is 2. The van der Waals surface area contributed by atoms with E-state index < -0.39 is 11.6 Å². The zero-order valence-electron chi connectivity index (χ0n) is 14.5. The minimum absolute atomic E-state index is 0.256. The summed E-state index contributed by atoms with van der Waals surface area (Å²) in [4.78, 5) is 14.1. The van der Waals surface area contributed by atoms with Crippen molar-refractivity contribution in [2.45, 2.75) is 32.4 Å². The van der Waals surface area contributed by atoms with E-state index in [2.05, 4.69) is 0 Å². The Kier molecular flexibility index (Phi) is 5.75. The van der Waals surface area contributed by atoms with Crippen molar-refractivity contribution >= 4 is 11.6 Å². The number of carbonyl (C=O) groups is 1. The summed E-state index contributed by atoms with van der Waals surface area (Å²) in [5.41, 5.74) is 4.53. The first kappa shape index (κ1) is 18.4. The van der Waals surface area contributed by atoms with Crippen molar-refractivity contribution < 1.29 is 19.7 Å². The van der Waals surface area contributed by atoms with E-state index in [0.29, 0.717) is 24.4 Å². The van der Waals surface area contributed by atoms with Gasteiger partial charge in [-0.2, -0.15) is 0 Å². The molecule has 0 saturated carbocycles. The lowest BCUT2D eigenvalue weighted by atomic mass is 10.0. The van der Waals surface area contributed by atoms with E-state index in [4.69, 9.17) is 10.5 Å². The molecule has 0 aliphatic heterocycles. The van der Waals surface area contributed by atoms with Crippen LogP contribution in [-0.2, 0) is 4.79 Å². The summed E-state index contributed by atoms with van der Waals surface area (Å²) >= 11 is 0. The fourth-order valence-corrected chi connectivity index (χ4v) is 2.82. The predicted octanol–water partition coefficient (Wildman–Crippen LogP) is 2.98. The summed E-state index contributed by atoms with van der Waals surface area (Å²) in [6.07, 6.45) is 0.939. The van der Waals surface area contributed by atoms with E-state index >= 15 is 0 Å². The van der Waals surface area contributed by atoms with Crippen molar-refractivity contribution in [1.29, 1.82) is 0 Å². The molecule has 1 amide bonds. The van der Waals surface area contributed by atoms with Crippen LogP contribution >= 0.6 is 0 Å². The van der Waals surface area contributed by atoms with Crippen LogP contribution < -0.4 is 15.4 Å². The van der Waals surface area contributed by atoms with Crippen LogP contribution in [0.3, 0.4) is 0 Å². The van der Waals surface area contributed by atoms with Crippen LogP contribution in [0.15, 0.2) is 48.5 Å². The van der Waals surface area contributed by atoms with Crippen molar-refractivity contribution in [3.63, 3.8) is 0 Å². The summed E-state index contributed by atoms with van der Waals surface area (Å²) in [6.45, 7) is 4.13. The van der Waals surface area contributed by atoms with E-state index in [-0.39, 0.29) is 17.9 Å². The molecule has 0 spiro atoms. The lowest BCUT2D eigenvalue weighted by Crippen LogP contribution is -2.62. The Hall–Kier alpha value is -2.89. The maximum atomic E-state index is 12.5. The van der Waals surface area contributed by atoms with Gasteiger partial charge in [0.05, 0.1) is 5.69 Å². The van der Waals surface area contributed by atoms with E-state index in [0.717, 1.165) is 0 Å². The summed E-state index contributed by atoms with van der Waals surface area (Å²) in [5, 5.41) is 20.2. The molecule has 4 N–H and O–H groups in total. The quantitative estimate of drug-likeness (QED) is 0.505. The largest absolute Gasteiger partial charge is 0.504 e. The average molecular weight is 344 g/mol. The molecule has 6 heteroatoms. The molecule has 1 unspecified atom stereocenters. The number of primary amides is 1. The Balaban J connectivity index is 2.58. The Labute approximate surface area is 147 Å². The van der Waals surface area contributed by atoms with Gasteiger partial charge in [0.1, 0.15) is 5.75 Å². The van der Waals surface area contributed by atoms with Crippen LogP contribution in [0.5, 0.6) is 17.2 Å². The fourth-order valence-electron chi connectivity index (χ4n) is 2.82. The van der Waals surface area contributed by atoms with Crippen molar-refractivity contribution in [2.24, 2.45) is 5.73 Å². The zero-order valence-corrected chi connectivity index (χ0v) is 14.5. The lowest BCUT2D eigenvalue weighted by molar-refractivity contribution is -0.133. The monoisotopic (exact) mass is 344 g/mol. The van der Waals surface area contributed by atoms with Gasteiger partial charge in [-0.15, -0.1) is 0 Å². The third-order valence-electron chi connectivity index (χ3n) is 4.06.